The first-order chi connectivity index (χ1) is 10.6. The number of hydrogen-bond donors (Lipinski definition) is 0. The molecule has 1 heteroatoms. The quantitative estimate of drug-likeness (QED) is 0.632. The van der Waals surface area contributed by atoms with Gasteiger partial charge in [-0.2, -0.15) is 0 Å². The molecule has 0 aliphatic rings. The highest BCUT2D eigenvalue weighted by molar-refractivity contribution is 5.79. The Morgan fingerprint density at radius 3 is 2.36 bits per heavy atom. The summed E-state index contributed by atoms with van der Waals surface area (Å²) >= 11 is 0. The zero-order chi connectivity index (χ0) is 15.9. The third-order valence-corrected chi connectivity index (χ3v) is 3.92. The van der Waals surface area contributed by atoms with Gasteiger partial charge in [0.2, 0.25) is 0 Å². The van der Waals surface area contributed by atoms with E-state index in [0.29, 0.717) is 12.5 Å². The number of aliphatic imine (C=N–C) groups is 1. The molecule has 0 saturated carbocycles. The Hall–Kier alpha value is -2.15. The number of nitrogens with zero attached hydrogens (tertiary/aromatic N) is 1. The third-order valence-electron chi connectivity index (χ3n) is 3.92. The van der Waals surface area contributed by atoms with E-state index >= 15 is 0 Å². The van der Waals surface area contributed by atoms with E-state index in [1.807, 2.05) is 6.21 Å². The minimum Gasteiger partial charge on any atom is -0.288 e. The first kappa shape index (κ1) is 16.2. The monoisotopic (exact) mass is 291 g/mol. The highest BCUT2D eigenvalue weighted by Gasteiger charge is 1.98. The number of aryl methyl sites for hydroxylation is 1. The van der Waals surface area contributed by atoms with E-state index in [1.165, 1.54) is 22.3 Å². The lowest BCUT2D eigenvalue weighted by atomic mass is 10.0. The van der Waals surface area contributed by atoms with Gasteiger partial charge < -0.3 is 0 Å². The summed E-state index contributed by atoms with van der Waals surface area (Å²) in [4.78, 5) is 4.51. The lowest BCUT2D eigenvalue weighted by Gasteiger charge is -2.05. The van der Waals surface area contributed by atoms with Crippen molar-refractivity contribution in [3.05, 3.63) is 76.9 Å². The molecule has 0 aliphatic heterocycles. The molecule has 1 nitrogen and oxygen atoms in total. The van der Waals surface area contributed by atoms with Crippen LogP contribution in [0.5, 0.6) is 0 Å². The summed E-state index contributed by atoms with van der Waals surface area (Å²) < 4.78 is 0. The minimum atomic E-state index is 0.575. The van der Waals surface area contributed by atoms with Gasteiger partial charge in [0, 0.05) is 6.21 Å². The van der Waals surface area contributed by atoms with Crippen molar-refractivity contribution in [2.75, 3.05) is 6.54 Å². The van der Waals surface area contributed by atoms with Gasteiger partial charge in [0.05, 0.1) is 6.54 Å². The van der Waals surface area contributed by atoms with Gasteiger partial charge in [0.1, 0.15) is 0 Å². The van der Waals surface area contributed by atoms with Gasteiger partial charge in [-0.25, -0.2) is 0 Å². The molecule has 0 saturated heterocycles. The summed E-state index contributed by atoms with van der Waals surface area (Å²) in [6, 6.07) is 17.1. The van der Waals surface area contributed by atoms with Crippen molar-refractivity contribution in [1.29, 1.82) is 0 Å². The van der Waals surface area contributed by atoms with Crippen LogP contribution in [0.2, 0.25) is 0 Å². The molecule has 0 aliphatic carbocycles. The first-order valence-corrected chi connectivity index (χ1v) is 7.90. The lowest BCUT2D eigenvalue weighted by molar-refractivity contribution is 0.866. The Bertz CT molecular complexity index is 661. The molecule has 0 spiro atoms. The Kier molecular flexibility index (Phi) is 5.71. The van der Waals surface area contributed by atoms with Crippen molar-refractivity contribution in [3.8, 4) is 0 Å². The summed E-state index contributed by atoms with van der Waals surface area (Å²) in [7, 11) is 0. The summed E-state index contributed by atoms with van der Waals surface area (Å²) in [5.74, 6) is 0.575. The largest absolute Gasteiger partial charge is 0.288 e. The fourth-order valence-corrected chi connectivity index (χ4v) is 2.44. The second-order valence-corrected chi connectivity index (χ2v) is 6.02. The first-order valence-electron chi connectivity index (χ1n) is 7.90. The zero-order valence-electron chi connectivity index (χ0n) is 14.0. The molecular formula is C21H25N. The summed E-state index contributed by atoms with van der Waals surface area (Å²) in [6.07, 6.45) is 4.13. The fourth-order valence-electron chi connectivity index (χ4n) is 2.44. The number of hydrogen-bond acceptors (Lipinski definition) is 1. The second kappa shape index (κ2) is 7.74. The molecule has 2 rings (SSSR count). The average molecular weight is 291 g/mol. The number of benzene rings is 2. The maximum absolute atomic E-state index is 4.51. The molecule has 0 bridgehead atoms. The molecule has 0 radical (unpaired) electrons. The van der Waals surface area contributed by atoms with Crippen LogP contribution < -0.4 is 0 Å². The van der Waals surface area contributed by atoms with Gasteiger partial charge in [-0.15, -0.1) is 0 Å². The second-order valence-electron chi connectivity index (χ2n) is 6.02. The van der Waals surface area contributed by atoms with Crippen LogP contribution in [0, 0.1) is 6.92 Å². The molecular weight excluding hydrogens is 266 g/mol. The highest BCUT2D eigenvalue weighted by atomic mass is 14.7. The van der Waals surface area contributed by atoms with Crippen LogP contribution in [-0.4, -0.2) is 12.8 Å². The van der Waals surface area contributed by atoms with Gasteiger partial charge in [-0.1, -0.05) is 68.5 Å². The van der Waals surface area contributed by atoms with E-state index in [-0.39, 0.29) is 0 Å². The third kappa shape index (κ3) is 4.42. The molecule has 0 heterocycles. The topological polar surface area (TPSA) is 12.4 Å². The Morgan fingerprint density at radius 1 is 1.05 bits per heavy atom. The maximum Gasteiger partial charge on any atom is 0.0576 e. The summed E-state index contributed by atoms with van der Waals surface area (Å²) in [5, 5.41) is 0. The standard InChI is InChI=1S/C21H25N/c1-16(2)20-11-9-19(10-12-20)15-22-14-13-18(4)21-8-6-5-7-17(21)3/h5-13,15-16H,14H2,1-4H3/b18-13-,22-15?. The molecule has 0 aromatic heterocycles. The van der Waals surface area contributed by atoms with Gasteiger partial charge >= 0.3 is 0 Å². The Balaban J connectivity index is 1.97. The Labute approximate surface area is 134 Å². The van der Waals surface area contributed by atoms with Crippen molar-refractivity contribution in [2.45, 2.75) is 33.6 Å². The van der Waals surface area contributed by atoms with Gasteiger partial charge in [0.15, 0.2) is 0 Å². The number of rotatable bonds is 5. The molecule has 0 amide bonds. The van der Waals surface area contributed by atoms with Crippen molar-refractivity contribution < 1.29 is 0 Å². The van der Waals surface area contributed by atoms with Gasteiger partial charge in [-0.05, 0) is 47.6 Å². The van der Waals surface area contributed by atoms with Crippen LogP contribution in [0.3, 0.4) is 0 Å². The predicted octanol–water partition coefficient (Wildman–Crippen LogP) is 5.64. The minimum absolute atomic E-state index is 0.575. The van der Waals surface area contributed by atoms with E-state index in [4.69, 9.17) is 0 Å². The molecule has 0 unspecified atom stereocenters. The van der Waals surface area contributed by atoms with Crippen LogP contribution in [0.15, 0.2) is 59.6 Å². The van der Waals surface area contributed by atoms with E-state index < -0.39 is 0 Å². The normalized spacial score (nSPS) is 12.3. The smallest absolute Gasteiger partial charge is 0.0576 e. The highest BCUT2D eigenvalue weighted by Crippen LogP contribution is 2.17. The Morgan fingerprint density at radius 2 is 1.73 bits per heavy atom. The van der Waals surface area contributed by atoms with E-state index in [0.717, 1.165) is 5.56 Å². The van der Waals surface area contributed by atoms with Crippen LogP contribution in [0.25, 0.3) is 5.57 Å². The van der Waals surface area contributed by atoms with Crippen molar-refractivity contribution in [3.63, 3.8) is 0 Å². The fraction of sp³-hybridized carbons (Fsp3) is 0.286. The van der Waals surface area contributed by atoms with Crippen LogP contribution in [0.4, 0.5) is 0 Å². The van der Waals surface area contributed by atoms with E-state index in [9.17, 15) is 0 Å². The molecule has 0 N–H and O–H groups in total. The van der Waals surface area contributed by atoms with E-state index in [1.54, 1.807) is 0 Å². The van der Waals surface area contributed by atoms with E-state index in [2.05, 4.69) is 87.3 Å². The lowest BCUT2D eigenvalue weighted by Crippen LogP contribution is -1.89. The predicted molar refractivity (Wildman–Crippen MR) is 97.8 cm³/mol. The molecule has 22 heavy (non-hydrogen) atoms. The van der Waals surface area contributed by atoms with Crippen molar-refractivity contribution in [2.24, 2.45) is 4.99 Å². The van der Waals surface area contributed by atoms with Crippen molar-refractivity contribution in [1.82, 2.24) is 0 Å². The summed E-state index contributed by atoms with van der Waals surface area (Å²) in [5.41, 5.74) is 6.42. The molecule has 2 aromatic carbocycles. The molecule has 114 valence electrons. The SMILES string of the molecule is C/C(=C/CN=Cc1ccc(C(C)C)cc1)c1ccccc1C. The molecule has 2 aromatic rings. The molecule has 0 atom stereocenters. The summed E-state index contributed by atoms with van der Waals surface area (Å²) in [6.45, 7) is 9.43. The van der Waals surface area contributed by atoms with Crippen LogP contribution in [-0.2, 0) is 0 Å². The van der Waals surface area contributed by atoms with Gasteiger partial charge in [0.25, 0.3) is 0 Å². The van der Waals surface area contributed by atoms with Crippen LogP contribution >= 0.6 is 0 Å². The number of allylic oxidation sites excluding steroid dienone is 1. The average Bonchev–Trinajstić information content (AvgIpc) is 2.52. The van der Waals surface area contributed by atoms with Gasteiger partial charge in [-0.3, -0.25) is 4.99 Å². The zero-order valence-corrected chi connectivity index (χ0v) is 14.0. The van der Waals surface area contributed by atoms with Crippen LogP contribution in [0.1, 0.15) is 48.9 Å². The molecule has 0 fully saturated rings. The maximum atomic E-state index is 4.51. The van der Waals surface area contributed by atoms with Crippen molar-refractivity contribution >= 4 is 11.8 Å².